The molecule has 0 spiro atoms. The topological polar surface area (TPSA) is 69.6 Å². The molecule has 0 radical (unpaired) electrons. The smallest absolute Gasteiger partial charge is 0.303 e. The lowest BCUT2D eigenvalue weighted by molar-refractivity contribution is -0.137. The minimum Gasteiger partial charge on any atom is -0.481 e. The molecular weight excluding hydrogens is 208 g/mol. The van der Waals surface area contributed by atoms with E-state index in [1.807, 2.05) is 11.9 Å². The zero-order valence-corrected chi connectivity index (χ0v) is 9.74. The summed E-state index contributed by atoms with van der Waals surface area (Å²) in [6.07, 6.45) is 3.21. The minimum atomic E-state index is -0.786. The van der Waals surface area contributed by atoms with Crippen molar-refractivity contribution in [2.45, 2.75) is 25.7 Å². The second kappa shape index (κ2) is 6.48. The van der Waals surface area contributed by atoms with Crippen LogP contribution in [0.5, 0.6) is 0 Å². The first-order valence-electron chi connectivity index (χ1n) is 5.75. The second-order valence-electron chi connectivity index (χ2n) is 4.48. The predicted molar refractivity (Wildman–Crippen MR) is 60.1 cm³/mol. The number of carboxylic acids is 1. The Morgan fingerprint density at radius 3 is 2.69 bits per heavy atom. The van der Waals surface area contributed by atoms with Crippen LogP contribution in [-0.4, -0.2) is 48.6 Å². The Morgan fingerprint density at radius 1 is 1.44 bits per heavy atom. The van der Waals surface area contributed by atoms with Crippen LogP contribution in [0.15, 0.2) is 0 Å². The zero-order chi connectivity index (χ0) is 12.0. The maximum Gasteiger partial charge on any atom is 0.303 e. The molecule has 0 unspecified atom stereocenters. The van der Waals surface area contributed by atoms with Crippen LogP contribution in [0.3, 0.4) is 0 Å². The molecule has 0 aromatic rings. The Bertz CT molecular complexity index is 252. The number of hydrogen-bond acceptors (Lipinski definition) is 3. The molecule has 1 saturated carbocycles. The van der Waals surface area contributed by atoms with Crippen molar-refractivity contribution in [2.24, 2.45) is 5.92 Å². The van der Waals surface area contributed by atoms with Gasteiger partial charge in [-0.3, -0.25) is 14.5 Å². The fraction of sp³-hybridized carbons (Fsp3) is 0.818. The number of hydrogen-bond donors (Lipinski definition) is 2. The number of amides is 1. The summed E-state index contributed by atoms with van der Waals surface area (Å²) in [6, 6.07) is 0. The van der Waals surface area contributed by atoms with Gasteiger partial charge in [-0.2, -0.15) is 0 Å². The highest BCUT2D eigenvalue weighted by Gasteiger charge is 2.21. The third kappa shape index (κ3) is 6.40. The molecule has 0 heterocycles. The molecule has 0 aromatic heterocycles. The molecule has 0 aromatic carbocycles. The molecule has 5 heteroatoms. The highest BCUT2D eigenvalue weighted by atomic mass is 16.4. The van der Waals surface area contributed by atoms with E-state index < -0.39 is 5.97 Å². The summed E-state index contributed by atoms with van der Waals surface area (Å²) in [5.41, 5.74) is 0. The fourth-order valence-corrected chi connectivity index (χ4v) is 1.46. The van der Waals surface area contributed by atoms with Gasteiger partial charge in [-0.05, 0) is 38.8 Å². The van der Waals surface area contributed by atoms with Crippen molar-refractivity contribution in [3.05, 3.63) is 0 Å². The molecule has 0 aliphatic heterocycles. The molecule has 16 heavy (non-hydrogen) atoms. The van der Waals surface area contributed by atoms with Gasteiger partial charge in [-0.25, -0.2) is 0 Å². The minimum absolute atomic E-state index is 0.0322. The van der Waals surface area contributed by atoms with Gasteiger partial charge in [-0.15, -0.1) is 0 Å². The van der Waals surface area contributed by atoms with Gasteiger partial charge in [0.15, 0.2) is 0 Å². The lowest BCUT2D eigenvalue weighted by Gasteiger charge is -2.15. The molecule has 0 atom stereocenters. The largest absolute Gasteiger partial charge is 0.481 e. The Morgan fingerprint density at radius 2 is 2.12 bits per heavy atom. The maximum atomic E-state index is 11.4. The van der Waals surface area contributed by atoms with Gasteiger partial charge < -0.3 is 10.4 Å². The first-order chi connectivity index (χ1) is 7.58. The highest BCUT2D eigenvalue weighted by Crippen LogP contribution is 2.27. The molecule has 1 rings (SSSR count). The molecular formula is C11H20N2O3. The van der Waals surface area contributed by atoms with Gasteiger partial charge in [0, 0.05) is 13.0 Å². The summed E-state index contributed by atoms with van der Waals surface area (Å²) in [6.45, 7) is 1.79. The third-order valence-electron chi connectivity index (χ3n) is 2.63. The van der Waals surface area contributed by atoms with Crippen molar-refractivity contribution in [3.8, 4) is 0 Å². The summed E-state index contributed by atoms with van der Waals surface area (Å²) in [5, 5.41) is 11.3. The van der Waals surface area contributed by atoms with E-state index in [4.69, 9.17) is 5.11 Å². The molecule has 92 valence electrons. The quantitative estimate of drug-likeness (QED) is 0.627. The predicted octanol–water partition coefficient (Wildman–Crippen LogP) is 0.309. The number of carbonyl (C=O) groups is 2. The van der Waals surface area contributed by atoms with E-state index in [0.29, 0.717) is 25.4 Å². The monoisotopic (exact) mass is 228 g/mol. The van der Waals surface area contributed by atoms with Crippen molar-refractivity contribution >= 4 is 11.9 Å². The van der Waals surface area contributed by atoms with Crippen LogP contribution in [0.25, 0.3) is 0 Å². The van der Waals surface area contributed by atoms with E-state index in [2.05, 4.69) is 5.32 Å². The number of carboxylic acid groups (broad SMARTS) is 1. The van der Waals surface area contributed by atoms with Gasteiger partial charge in [0.05, 0.1) is 6.54 Å². The van der Waals surface area contributed by atoms with Gasteiger partial charge in [-0.1, -0.05) is 0 Å². The average molecular weight is 228 g/mol. The molecule has 1 aliphatic rings. The van der Waals surface area contributed by atoms with E-state index >= 15 is 0 Å². The Hall–Kier alpha value is -1.10. The normalized spacial score (nSPS) is 15.1. The van der Waals surface area contributed by atoms with Crippen molar-refractivity contribution in [3.63, 3.8) is 0 Å². The van der Waals surface area contributed by atoms with E-state index in [1.165, 1.54) is 12.8 Å². The number of nitrogens with zero attached hydrogens (tertiary/aromatic N) is 1. The standard InChI is InChI=1S/C11H20N2O3/c1-13(6-2-3-11(15)16)8-10(14)12-7-9-4-5-9/h9H,2-8H2,1H3,(H,12,14)(H,15,16). The lowest BCUT2D eigenvalue weighted by atomic mass is 10.3. The first-order valence-corrected chi connectivity index (χ1v) is 5.75. The molecule has 1 aliphatic carbocycles. The SMILES string of the molecule is CN(CCCC(=O)O)CC(=O)NCC1CC1. The number of aliphatic carboxylic acids is 1. The summed E-state index contributed by atoms with van der Waals surface area (Å²) in [4.78, 5) is 23.6. The van der Waals surface area contributed by atoms with Crippen molar-refractivity contribution < 1.29 is 14.7 Å². The maximum absolute atomic E-state index is 11.4. The van der Waals surface area contributed by atoms with Gasteiger partial charge >= 0.3 is 5.97 Å². The Kier molecular flexibility index (Phi) is 5.25. The number of nitrogens with one attached hydrogen (secondary N) is 1. The number of rotatable bonds is 8. The van der Waals surface area contributed by atoms with Crippen LogP contribution in [0.1, 0.15) is 25.7 Å². The second-order valence-corrected chi connectivity index (χ2v) is 4.48. The van der Waals surface area contributed by atoms with Crippen molar-refractivity contribution in [2.75, 3.05) is 26.7 Å². The number of likely N-dealkylation sites (N-methyl/N-ethyl adjacent to an activating group) is 1. The third-order valence-corrected chi connectivity index (χ3v) is 2.63. The Balaban J connectivity index is 2.00. The van der Waals surface area contributed by atoms with E-state index in [1.54, 1.807) is 0 Å². The molecule has 0 saturated heterocycles. The number of carbonyl (C=O) groups excluding carboxylic acids is 1. The van der Waals surface area contributed by atoms with Crippen molar-refractivity contribution in [1.82, 2.24) is 10.2 Å². The van der Waals surface area contributed by atoms with Gasteiger partial charge in [0.1, 0.15) is 0 Å². The average Bonchev–Trinajstić information content (AvgIpc) is 2.97. The molecule has 1 fully saturated rings. The van der Waals surface area contributed by atoms with Crippen molar-refractivity contribution in [1.29, 1.82) is 0 Å². The molecule has 2 N–H and O–H groups in total. The first kappa shape index (κ1) is 13.0. The van der Waals surface area contributed by atoms with Crippen LogP contribution in [0.2, 0.25) is 0 Å². The zero-order valence-electron chi connectivity index (χ0n) is 9.74. The van der Waals surface area contributed by atoms with Gasteiger partial charge in [0.2, 0.25) is 5.91 Å². The summed E-state index contributed by atoms with van der Waals surface area (Å²) < 4.78 is 0. The summed E-state index contributed by atoms with van der Waals surface area (Å²) >= 11 is 0. The summed E-state index contributed by atoms with van der Waals surface area (Å²) in [5.74, 6) is -0.0578. The van der Waals surface area contributed by atoms with Crippen LogP contribution in [-0.2, 0) is 9.59 Å². The molecule has 5 nitrogen and oxygen atoms in total. The van der Waals surface area contributed by atoms with Crippen LogP contribution >= 0.6 is 0 Å². The van der Waals surface area contributed by atoms with Crippen LogP contribution in [0.4, 0.5) is 0 Å². The van der Waals surface area contributed by atoms with Gasteiger partial charge in [0.25, 0.3) is 0 Å². The lowest BCUT2D eigenvalue weighted by Crippen LogP contribution is -2.36. The molecule has 1 amide bonds. The Labute approximate surface area is 95.8 Å². The fourth-order valence-electron chi connectivity index (χ4n) is 1.46. The van der Waals surface area contributed by atoms with Crippen LogP contribution < -0.4 is 5.32 Å². The highest BCUT2D eigenvalue weighted by molar-refractivity contribution is 5.78. The summed E-state index contributed by atoms with van der Waals surface area (Å²) in [7, 11) is 1.83. The van der Waals surface area contributed by atoms with E-state index in [9.17, 15) is 9.59 Å². The van der Waals surface area contributed by atoms with Crippen LogP contribution in [0, 0.1) is 5.92 Å². The van der Waals surface area contributed by atoms with E-state index in [0.717, 1.165) is 6.54 Å². The molecule has 0 bridgehead atoms. The van der Waals surface area contributed by atoms with E-state index in [-0.39, 0.29) is 12.3 Å².